The lowest BCUT2D eigenvalue weighted by molar-refractivity contribution is 0.469. The van der Waals surface area contributed by atoms with Crippen molar-refractivity contribution >= 4 is 0 Å². The minimum absolute atomic E-state index is 0.155. The van der Waals surface area contributed by atoms with Crippen LogP contribution in [0, 0.1) is 6.92 Å². The lowest BCUT2D eigenvalue weighted by Gasteiger charge is -1.97. The Morgan fingerprint density at radius 1 is 1.40 bits per heavy atom. The Bertz CT molecular complexity index is 477. The number of nitrogens with zero attached hydrogens (tertiary/aromatic N) is 1. The Hall–Kier alpha value is -1.81. The van der Waals surface area contributed by atoms with Crippen LogP contribution in [0.1, 0.15) is 11.5 Å². The van der Waals surface area contributed by atoms with E-state index >= 15 is 0 Å². The fourth-order valence-corrected chi connectivity index (χ4v) is 1.39. The molecule has 15 heavy (non-hydrogen) atoms. The topological polar surface area (TPSA) is 72.3 Å². The van der Waals surface area contributed by atoms with Crippen LogP contribution in [0.25, 0.3) is 11.5 Å². The molecule has 0 aliphatic heterocycles. The van der Waals surface area contributed by atoms with Crippen LogP contribution in [-0.2, 0) is 6.54 Å². The van der Waals surface area contributed by atoms with Gasteiger partial charge in [0.25, 0.3) is 0 Å². The lowest BCUT2D eigenvalue weighted by Crippen LogP contribution is -1.95. The predicted octanol–water partition coefficient (Wildman–Crippen LogP) is 1.81. The summed E-state index contributed by atoms with van der Waals surface area (Å²) in [4.78, 5) is 4.21. The summed E-state index contributed by atoms with van der Waals surface area (Å²) in [5.74, 6) is 1.21. The molecule has 0 aliphatic carbocycles. The van der Waals surface area contributed by atoms with Crippen molar-refractivity contribution in [3.8, 4) is 17.2 Å². The highest BCUT2D eigenvalue weighted by molar-refractivity contribution is 5.62. The van der Waals surface area contributed by atoms with Crippen molar-refractivity contribution in [2.45, 2.75) is 13.5 Å². The molecule has 1 heterocycles. The van der Waals surface area contributed by atoms with Crippen molar-refractivity contribution in [1.29, 1.82) is 0 Å². The highest BCUT2D eigenvalue weighted by Gasteiger charge is 2.12. The zero-order valence-corrected chi connectivity index (χ0v) is 8.40. The highest BCUT2D eigenvalue weighted by Crippen LogP contribution is 2.29. The normalized spacial score (nSPS) is 10.5. The van der Waals surface area contributed by atoms with Crippen molar-refractivity contribution in [2.75, 3.05) is 0 Å². The molecule has 0 amide bonds. The first kappa shape index (κ1) is 9.73. The van der Waals surface area contributed by atoms with Crippen LogP contribution in [0.3, 0.4) is 0 Å². The number of benzene rings is 1. The average Bonchev–Trinajstić information content (AvgIpc) is 2.60. The van der Waals surface area contributed by atoms with Gasteiger partial charge in [0.2, 0.25) is 5.89 Å². The second-order valence-corrected chi connectivity index (χ2v) is 3.25. The third kappa shape index (κ3) is 1.71. The summed E-state index contributed by atoms with van der Waals surface area (Å²) in [6, 6.07) is 6.91. The van der Waals surface area contributed by atoms with E-state index in [9.17, 15) is 5.11 Å². The van der Waals surface area contributed by atoms with Gasteiger partial charge in [0.15, 0.2) is 0 Å². The van der Waals surface area contributed by atoms with Gasteiger partial charge >= 0.3 is 0 Å². The van der Waals surface area contributed by atoms with E-state index in [2.05, 4.69) is 4.98 Å². The molecule has 4 heteroatoms. The number of phenols is 1. The van der Waals surface area contributed by atoms with Gasteiger partial charge in [-0.2, -0.15) is 0 Å². The Labute approximate surface area is 87.4 Å². The fourth-order valence-electron chi connectivity index (χ4n) is 1.39. The minimum atomic E-state index is 0.155. The summed E-state index contributed by atoms with van der Waals surface area (Å²) in [7, 11) is 0. The molecule has 2 aromatic rings. The summed E-state index contributed by atoms with van der Waals surface area (Å²) < 4.78 is 5.43. The number of aryl methyl sites for hydroxylation is 1. The van der Waals surface area contributed by atoms with Gasteiger partial charge in [-0.1, -0.05) is 12.1 Å². The van der Waals surface area contributed by atoms with E-state index in [4.69, 9.17) is 10.2 Å². The molecule has 4 nitrogen and oxygen atoms in total. The molecular weight excluding hydrogens is 192 g/mol. The van der Waals surface area contributed by atoms with Crippen molar-refractivity contribution < 1.29 is 9.52 Å². The van der Waals surface area contributed by atoms with Crippen LogP contribution in [0.2, 0.25) is 0 Å². The molecule has 0 aliphatic rings. The van der Waals surface area contributed by atoms with Gasteiger partial charge in [0.1, 0.15) is 11.5 Å². The van der Waals surface area contributed by atoms with Gasteiger partial charge in [-0.25, -0.2) is 4.98 Å². The second kappa shape index (κ2) is 3.74. The van der Waals surface area contributed by atoms with Crippen molar-refractivity contribution in [2.24, 2.45) is 5.73 Å². The van der Waals surface area contributed by atoms with E-state index in [1.807, 2.05) is 13.0 Å². The molecule has 3 N–H and O–H groups in total. The van der Waals surface area contributed by atoms with Crippen molar-refractivity contribution in [3.63, 3.8) is 0 Å². The van der Waals surface area contributed by atoms with Gasteiger partial charge in [0, 0.05) is 0 Å². The van der Waals surface area contributed by atoms with E-state index in [-0.39, 0.29) is 5.75 Å². The molecule has 0 radical (unpaired) electrons. The lowest BCUT2D eigenvalue weighted by atomic mass is 10.2. The van der Waals surface area contributed by atoms with E-state index < -0.39 is 0 Å². The average molecular weight is 204 g/mol. The molecule has 0 bridgehead atoms. The number of rotatable bonds is 2. The number of aromatic nitrogens is 1. The van der Waals surface area contributed by atoms with Crippen LogP contribution in [-0.4, -0.2) is 10.1 Å². The van der Waals surface area contributed by atoms with Gasteiger partial charge < -0.3 is 15.3 Å². The number of hydrogen-bond donors (Lipinski definition) is 2. The molecular formula is C11H12N2O2. The Morgan fingerprint density at radius 3 is 2.73 bits per heavy atom. The molecule has 1 aromatic heterocycles. The number of phenolic OH excluding ortho intramolecular Hbond substituents is 1. The molecule has 1 aromatic carbocycles. The fraction of sp³-hybridized carbons (Fsp3) is 0.182. The molecule has 0 saturated heterocycles. The van der Waals surface area contributed by atoms with Crippen LogP contribution < -0.4 is 5.73 Å². The predicted molar refractivity (Wildman–Crippen MR) is 56.2 cm³/mol. The number of oxazole rings is 1. The molecule has 0 spiro atoms. The first-order chi connectivity index (χ1) is 7.22. The maximum absolute atomic E-state index is 9.61. The van der Waals surface area contributed by atoms with Gasteiger partial charge in [-0.3, -0.25) is 0 Å². The van der Waals surface area contributed by atoms with Crippen molar-refractivity contribution in [3.05, 3.63) is 35.7 Å². The third-order valence-electron chi connectivity index (χ3n) is 2.21. The number of hydrogen-bond acceptors (Lipinski definition) is 4. The zero-order chi connectivity index (χ0) is 10.8. The van der Waals surface area contributed by atoms with Crippen LogP contribution in [0.5, 0.6) is 5.75 Å². The Kier molecular flexibility index (Phi) is 2.43. The van der Waals surface area contributed by atoms with Crippen LogP contribution in [0.15, 0.2) is 28.7 Å². The summed E-state index contributed by atoms with van der Waals surface area (Å²) in [6.45, 7) is 2.14. The SMILES string of the molecule is Cc1nc(-c2ccccc2O)oc1CN. The summed E-state index contributed by atoms with van der Waals surface area (Å²) in [6.07, 6.45) is 0. The van der Waals surface area contributed by atoms with Crippen molar-refractivity contribution in [1.82, 2.24) is 4.98 Å². The van der Waals surface area contributed by atoms with Gasteiger partial charge in [0.05, 0.1) is 17.8 Å². The summed E-state index contributed by atoms with van der Waals surface area (Å²) >= 11 is 0. The maximum atomic E-state index is 9.61. The van der Waals surface area contributed by atoms with E-state index in [1.165, 1.54) is 0 Å². The Morgan fingerprint density at radius 2 is 2.13 bits per heavy atom. The van der Waals surface area contributed by atoms with Crippen LogP contribution >= 0.6 is 0 Å². The summed E-state index contributed by atoms with van der Waals surface area (Å²) in [5.41, 5.74) is 6.83. The third-order valence-corrected chi connectivity index (χ3v) is 2.21. The molecule has 0 saturated carbocycles. The number of aromatic hydroxyl groups is 1. The quantitative estimate of drug-likeness (QED) is 0.782. The number of para-hydroxylation sites is 1. The summed E-state index contributed by atoms with van der Waals surface area (Å²) in [5, 5.41) is 9.61. The first-order valence-electron chi connectivity index (χ1n) is 4.67. The van der Waals surface area contributed by atoms with Gasteiger partial charge in [-0.05, 0) is 19.1 Å². The smallest absolute Gasteiger partial charge is 0.230 e. The van der Waals surface area contributed by atoms with E-state index in [1.54, 1.807) is 18.2 Å². The van der Waals surface area contributed by atoms with Gasteiger partial charge in [-0.15, -0.1) is 0 Å². The molecule has 2 rings (SSSR count). The molecule has 0 unspecified atom stereocenters. The molecule has 0 fully saturated rings. The maximum Gasteiger partial charge on any atom is 0.230 e. The standard InChI is InChI=1S/C11H12N2O2/c1-7-10(6-12)15-11(13-7)8-4-2-3-5-9(8)14/h2-5,14H,6,12H2,1H3. The Balaban J connectivity index is 2.50. The largest absolute Gasteiger partial charge is 0.507 e. The monoisotopic (exact) mass is 204 g/mol. The minimum Gasteiger partial charge on any atom is -0.507 e. The molecule has 78 valence electrons. The molecule has 0 atom stereocenters. The zero-order valence-electron chi connectivity index (χ0n) is 8.40. The second-order valence-electron chi connectivity index (χ2n) is 3.25. The number of nitrogens with two attached hydrogens (primary N) is 1. The van der Waals surface area contributed by atoms with E-state index in [0.29, 0.717) is 23.8 Å². The van der Waals surface area contributed by atoms with Crippen LogP contribution in [0.4, 0.5) is 0 Å². The first-order valence-corrected chi connectivity index (χ1v) is 4.67. The van der Waals surface area contributed by atoms with E-state index in [0.717, 1.165) is 5.69 Å². The highest BCUT2D eigenvalue weighted by atomic mass is 16.4.